The molecule has 9 heteroatoms. The van der Waals surface area contributed by atoms with Gasteiger partial charge in [-0.15, -0.1) is 0 Å². The highest BCUT2D eigenvalue weighted by Crippen LogP contribution is 2.34. The largest absolute Gasteiger partial charge is 0.482 e. The molecular formula is C22H24N4O4S. The van der Waals surface area contributed by atoms with Gasteiger partial charge in [0.2, 0.25) is 0 Å². The summed E-state index contributed by atoms with van der Waals surface area (Å²) in [6.45, 7) is 5.51. The second-order valence-electron chi connectivity index (χ2n) is 7.74. The molecule has 1 amide bonds. The number of nitrogens with zero attached hydrogens (tertiary/aromatic N) is 2. The number of anilines is 2. The van der Waals surface area contributed by atoms with Crippen LogP contribution in [0.15, 0.2) is 47.5 Å². The third-order valence-corrected chi connectivity index (χ3v) is 7.51. The van der Waals surface area contributed by atoms with Crippen LogP contribution < -0.4 is 20.3 Å². The minimum absolute atomic E-state index is 0.0734. The number of nitrogens with one attached hydrogen (secondary N) is 2. The summed E-state index contributed by atoms with van der Waals surface area (Å²) in [5, 5.41) is 6.95. The van der Waals surface area contributed by atoms with Crippen LogP contribution >= 0.6 is 0 Å². The second kappa shape index (κ2) is 7.58. The van der Waals surface area contributed by atoms with E-state index in [-0.39, 0.29) is 17.4 Å². The Balaban J connectivity index is 1.62. The van der Waals surface area contributed by atoms with Crippen LogP contribution in [0, 0.1) is 0 Å². The maximum Gasteiger partial charge on any atom is 0.268 e. The highest BCUT2D eigenvalue weighted by Gasteiger charge is 2.25. The number of ether oxygens (including phenoxy) is 1. The van der Waals surface area contributed by atoms with Gasteiger partial charge in [0.05, 0.1) is 16.1 Å². The molecular weight excluding hydrogens is 416 g/mol. The molecule has 1 saturated heterocycles. The third-order valence-electron chi connectivity index (χ3n) is 5.84. The maximum absolute atomic E-state index is 13.6. The van der Waals surface area contributed by atoms with E-state index < -0.39 is 10.0 Å². The minimum Gasteiger partial charge on any atom is -0.482 e. The lowest BCUT2D eigenvalue weighted by Gasteiger charge is -2.29. The first-order valence-corrected chi connectivity index (χ1v) is 11.8. The average molecular weight is 441 g/mol. The number of hydrogen-bond acceptors (Lipinski definition) is 6. The maximum atomic E-state index is 13.6. The lowest BCUT2D eigenvalue weighted by molar-refractivity contribution is -0.118. The lowest BCUT2D eigenvalue weighted by atomic mass is 10.1. The molecule has 0 radical (unpaired) electrons. The van der Waals surface area contributed by atoms with E-state index in [1.165, 1.54) is 16.1 Å². The van der Waals surface area contributed by atoms with Crippen molar-refractivity contribution in [1.29, 1.82) is 0 Å². The first kappa shape index (κ1) is 19.9. The summed E-state index contributed by atoms with van der Waals surface area (Å²) in [7, 11) is -3.87. The Morgan fingerprint density at radius 1 is 1.10 bits per heavy atom. The topological polar surface area (TPSA) is 92.7 Å². The molecule has 5 rings (SSSR count). The fourth-order valence-corrected chi connectivity index (χ4v) is 5.60. The quantitative estimate of drug-likeness (QED) is 0.646. The van der Waals surface area contributed by atoms with E-state index in [4.69, 9.17) is 4.74 Å². The zero-order chi connectivity index (χ0) is 21.6. The van der Waals surface area contributed by atoms with Crippen molar-refractivity contribution in [3.63, 3.8) is 0 Å². The summed E-state index contributed by atoms with van der Waals surface area (Å²) >= 11 is 0. The van der Waals surface area contributed by atoms with Crippen molar-refractivity contribution in [3.8, 4) is 5.75 Å². The normalized spacial score (nSPS) is 16.7. The van der Waals surface area contributed by atoms with Gasteiger partial charge >= 0.3 is 0 Å². The van der Waals surface area contributed by atoms with Gasteiger partial charge in [-0.05, 0) is 42.3 Å². The molecule has 0 saturated carbocycles. The zero-order valence-corrected chi connectivity index (χ0v) is 18.0. The van der Waals surface area contributed by atoms with Crippen molar-refractivity contribution in [3.05, 3.63) is 48.2 Å². The van der Waals surface area contributed by atoms with Crippen LogP contribution in [0.25, 0.3) is 10.9 Å². The van der Waals surface area contributed by atoms with Gasteiger partial charge in [0.15, 0.2) is 6.61 Å². The Bertz CT molecular complexity index is 1280. The number of hydrogen-bond donors (Lipinski definition) is 2. The Kier molecular flexibility index (Phi) is 4.86. The first-order chi connectivity index (χ1) is 15.0. The number of aryl methyl sites for hydroxylation is 1. The fourth-order valence-electron chi connectivity index (χ4n) is 4.19. The molecule has 31 heavy (non-hydrogen) atoms. The zero-order valence-electron chi connectivity index (χ0n) is 17.2. The van der Waals surface area contributed by atoms with Gasteiger partial charge in [-0.2, -0.15) is 0 Å². The number of rotatable bonds is 4. The summed E-state index contributed by atoms with van der Waals surface area (Å²) in [6.07, 6.45) is 2.43. The molecule has 3 heterocycles. The molecule has 0 unspecified atom stereocenters. The molecule has 3 aromatic rings. The summed E-state index contributed by atoms with van der Waals surface area (Å²) in [5.41, 5.74) is 3.01. The van der Waals surface area contributed by atoms with Crippen molar-refractivity contribution in [1.82, 2.24) is 9.29 Å². The highest BCUT2D eigenvalue weighted by molar-refractivity contribution is 7.90. The van der Waals surface area contributed by atoms with Gasteiger partial charge in [0.1, 0.15) is 5.75 Å². The molecule has 2 aromatic carbocycles. The number of piperazine rings is 1. The van der Waals surface area contributed by atoms with E-state index in [2.05, 4.69) is 21.6 Å². The van der Waals surface area contributed by atoms with E-state index in [1.807, 2.05) is 19.1 Å². The van der Waals surface area contributed by atoms with Crippen molar-refractivity contribution in [2.24, 2.45) is 0 Å². The van der Waals surface area contributed by atoms with Crippen molar-refractivity contribution < 1.29 is 17.9 Å². The standard InChI is InChI=1S/C22H24N4O4S/c1-2-15-13-26(20-11-16(3-5-18(15)20)25-9-7-23-8-10-25)31(28,29)17-4-6-21-19(12-17)24-22(27)14-30-21/h3-6,11-13,23H,2,7-10,14H2,1H3,(H,24,27). The van der Waals surface area contributed by atoms with Crippen LogP contribution in [0.5, 0.6) is 5.75 Å². The molecule has 2 aliphatic heterocycles. The van der Waals surface area contributed by atoms with Crippen molar-refractivity contribution in [2.45, 2.75) is 18.2 Å². The Morgan fingerprint density at radius 3 is 2.68 bits per heavy atom. The van der Waals surface area contributed by atoms with Crippen molar-refractivity contribution in [2.75, 3.05) is 43.0 Å². The van der Waals surface area contributed by atoms with Crippen LogP contribution in [-0.4, -0.2) is 51.1 Å². The van der Waals surface area contributed by atoms with Gasteiger partial charge in [-0.25, -0.2) is 12.4 Å². The number of aromatic nitrogens is 1. The van der Waals surface area contributed by atoms with Gasteiger partial charge in [-0.3, -0.25) is 4.79 Å². The van der Waals surface area contributed by atoms with Crippen LogP contribution in [0.1, 0.15) is 12.5 Å². The molecule has 1 fully saturated rings. The van der Waals surface area contributed by atoms with Crippen LogP contribution in [0.2, 0.25) is 0 Å². The van der Waals surface area contributed by atoms with Crippen LogP contribution in [0.4, 0.5) is 11.4 Å². The third kappa shape index (κ3) is 3.43. The van der Waals surface area contributed by atoms with Crippen molar-refractivity contribution >= 4 is 38.2 Å². The number of amides is 1. The summed E-state index contributed by atoms with van der Waals surface area (Å²) < 4.78 is 34.0. The second-order valence-corrected chi connectivity index (χ2v) is 9.56. The van der Waals surface area contributed by atoms with E-state index in [9.17, 15) is 13.2 Å². The van der Waals surface area contributed by atoms with E-state index >= 15 is 0 Å². The predicted octanol–water partition coefficient (Wildman–Crippen LogP) is 2.18. The lowest BCUT2D eigenvalue weighted by Crippen LogP contribution is -2.43. The molecule has 0 aliphatic carbocycles. The molecule has 2 N–H and O–H groups in total. The number of carbonyl (C=O) groups is 1. The van der Waals surface area contributed by atoms with Gasteiger partial charge in [-0.1, -0.05) is 13.0 Å². The van der Waals surface area contributed by atoms with E-state index in [0.29, 0.717) is 17.0 Å². The average Bonchev–Trinajstić information content (AvgIpc) is 3.18. The highest BCUT2D eigenvalue weighted by atomic mass is 32.2. The molecule has 162 valence electrons. The Hall–Kier alpha value is -3.04. The molecule has 8 nitrogen and oxygen atoms in total. The molecule has 1 aromatic heterocycles. The fraction of sp³-hybridized carbons (Fsp3) is 0.318. The Morgan fingerprint density at radius 2 is 1.90 bits per heavy atom. The number of fused-ring (bicyclic) bond motifs is 2. The Labute approximate surface area is 180 Å². The molecule has 0 bridgehead atoms. The SMILES string of the molecule is CCc1cn(S(=O)(=O)c2ccc3c(c2)NC(=O)CO3)c2cc(N3CCNCC3)ccc12. The van der Waals surface area contributed by atoms with Gasteiger partial charge in [0, 0.05) is 43.4 Å². The van der Waals surface area contributed by atoms with Crippen LogP contribution in [-0.2, 0) is 21.2 Å². The molecule has 2 aliphatic rings. The minimum atomic E-state index is -3.87. The van der Waals surface area contributed by atoms with Crippen LogP contribution in [0.3, 0.4) is 0 Å². The smallest absolute Gasteiger partial charge is 0.268 e. The molecule has 0 atom stereocenters. The predicted molar refractivity (Wildman–Crippen MR) is 120 cm³/mol. The van der Waals surface area contributed by atoms with E-state index in [0.717, 1.165) is 49.2 Å². The van der Waals surface area contributed by atoms with E-state index in [1.54, 1.807) is 12.3 Å². The number of benzene rings is 2. The number of carbonyl (C=O) groups excluding carboxylic acids is 1. The van der Waals surface area contributed by atoms with Gasteiger partial charge < -0.3 is 20.3 Å². The van der Waals surface area contributed by atoms with Gasteiger partial charge in [0.25, 0.3) is 15.9 Å². The summed E-state index contributed by atoms with van der Waals surface area (Å²) in [6, 6.07) is 10.6. The monoisotopic (exact) mass is 440 g/mol. The molecule has 0 spiro atoms. The summed E-state index contributed by atoms with van der Waals surface area (Å²) in [5.74, 6) is 0.161. The summed E-state index contributed by atoms with van der Waals surface area (Å²) in [4.78, 5) is 14.0. The first-order valence-electron chi connectivity index (χ1n) is 10.4.